The number of rotatable bonds is 4. The molecule has 0 fully saturated rings. The molecule has 0 aromatic carbocycles. The summed E-state index contributed by atoms with van der Waals surface area (Å²) in [6.45, 7) is -0.288. The van der Waals surface area contributed by atoms with E-state index in [0.717, 1.165) is 19.3 Å². The number of carbonyl (C=O) groups excluding carboxylic acids is 1. The lowest BCUT2D eigenvalue weighted by molar-refractivity contribution is -0.146. The Kier molecular flexibility index (Phi) is 4.78. The Morgan fingerprint density at radius 3 is 2.75 bits per heavy atom. The van der Waals surface area contributed by atoms with Crippen LogP contribution in [0.2, 0.25) is 0 Å². The monoisotopic (exact) mass is 228 g/mol. The quantitative estimate of drug-likeness (QED) is 0.502. The average Bonchev–Trinajstić information content (AvgIpc) is 2.27. The van der Waals surface area contributed by atoms with Crippen molar-refractivity contribution in [3.8, 4) is 0 Å². The van der Waals surface area contributed by atoms with E-state index < -0.39 is 18.1 Å². The van der Waals surface area contributed by atoms with Crippen LogP contribution in [0.4, 0.5) is 4.79 Å². The van der Waals surface area contributed by atoms with Gasteiger partial charge in [0.1, 0.15) is 0 Å². The molecule has 1 aliphatic carbocycles. The van der Waals surface area contributed by atoms with Crippen molar-refractivity contribution >= 4 is 12.0 Å². The second-order valence-corrected chi connectivity index (χ2v) is 3.69. The number of allylic oxidation sites excluding steroid dienone is 1. The van der Waals surface area contributed by atoms with Gasteiger partial charge in [-0.05, 0) is 19.3 Å². The van der Waals surface area contributed by atoms with Crippen LogP contribution in [0.1, 0.15) is 19.3 Å². The molecule has 0 aromatic rings. The lowest BCUT2D eigenvalue weighted by Gasteiger charge is -2.19. The number of carboxylic acid groups (broad SMARTS) is 1. The van der Waals surface area contributed by atoms with Gasteiger partial charge in [-0.1, -0.05) is 12.2 Å². The summed E-state index contributed by atoms with van der Waals surface area (Å²) in [4.78, 5) is 21.6. The van der Waals surface area contributed by atoms with E-state index in [0.29, 0.717) is 0 Å². The molecule has 1 unspecified atom stereocenters. The first-order valence-corrected chi connectivity index (χ1v) is 5.20. The third kappa shape index (κ3) is 4.31. The van der Waals surface area contributed by atoms with Gasteiger partial charge < -0.3 is 20.8 Å². The molecular formula is C10H16N2O4. The molecule has 2 atom stereocenters. The summed E-state index contributed by atoms with van der Waals surface area (Å²) in [5.74, 6) is -1.35. The van der Waals surface area contributed by atoms with E-state index in [4.69, 9.17) is 10.2 Å². The number of carboxylic acids is 1. The van der Waals surface area contributed by atoms with Crippen LogP contribution in [0.3, 0.4) is 0 Å². The van der Waals surface area contributed by atoms with Crippen LogP contribution in [0, 0.1) is 0 Å². The zero-order chi connectivity index (χ0) is 12.0. The molecule has 0 bridgehead atoms. The van der Waals surface area contributed by atoms with E-state index in [1.165, 1.54) is 0 Å². The molecule has 6 nitrogen and oxygen atoms in total. The minimum absolute atomic E-state index is 0.0898. The van der Waals surface area contributed by atoms with Crippen molar-refractivity contribution in [1.82, 2.24) is 10.6 Å². The van der Waals surface area contributed by atoms with Gasteiger partial charge in [-0.15, -0.1) is 0 Å². The summed E-state index contributed by atoms with van der Waals surface area (Å²) in [5.41, 5.74) is 0. The van der Waals surface area contributed by atoms with Gasteiger partial charge in [0.15, 0.2) is 6.10 Å². The van der Waals surface area contributed by atoms with Gasteiger partial charge in [-0.25, -0.2) is 9.59 Å². The normalized spacial score (nSPS) is 21.2. The number of nitrogens with one attached hydrogen (secondary N) is 2. The fraction of sp³-hybridized carbons (Fsp3) is 0.600. The van der Waals surface area contributed by atoms with Crippen LogP contribution < -0.4 is 10.6 Å². The van der Waals surface area contributed by atoms with E-state index in [-0.39, 0.29) is 12.6 Å². The summed E-state index contributed by atoms with van der Waals surface area (Å²) >= 11 is 0. The molecule has 1 rings (SSSR count). The number of aliphatic hydroxyl groups excluding tert-OH is 1. The molecule has 6 heteroatoms. The second kappa shape index (κ2) is 6.12. The average molecular weight is 228 g/mol. The number of aliphatic hydroxyl groups is 1. The highest BCUT2D eigenvalue weighted by atomic mass is 16.4. The largest absolute Gasteiger partial charge is 0.479 e. The van der Waals surface area contributed by atoms with Crippen LogP contribution in [-0.4, -0.2) is 40.9 Å². The summed E-state index contributed by atoms with van der Waals surface area (Å²) < 4.78 is 0. The van der Waals surface area contributed by atoms with Gasteiger partial charge in [0.25, 0.3) is 0 Å². The lowest BCUT2D eigenvalue weighted by Crippen LogP contribution is -2.46. The smallest absolute Gasteiger partial charge is 0.334 e. The molecule has 1 aliphatic rings. The van der Waals surface area contributed by atoms with Gasteiger partial charge in [-0.2, -0.15) is 0 Å². The van der Waals surface area contributed by atoms with Crippen LogP contribution in [-0.2, 0) is 4.79 Å². The Bertz CT molecular complexity index is 291. The first-order chi connectivity index (χ1) is 7.59. The van der Waals surface area contributed by atoms with Crippen molar-refractivity contribution in [3.05, 3.63) is 12.2 Å². The molecule has 2 amide bonds. The molecular weight excluding hydrogens is 212 g/mol. The topological polar surface area (TPSA) is 98.7 Å². The molecule has 90 valence electrons. The van der Waals surface area contributed by atoms with Crippen LogP contribution in [0.5, 0.6) is 0 Å². The molecule has 4 N–H and O–H groups in total. The van der Waals surface area contributed by atoms with E-state index in [1.807, 2.05) is 6.08 Å². The second-order valence-electron chi connectivity index (χ2n) is 3.69. The molecule has 0 saturated carbocycles. The van der Waals surface area contributed by atoms with E-state index in [2.05, 4.69) is 16.7 Å². The van der Waals surface area contributed by atoms with Crippen molar-refractivity contribution in [3.63, 3.8) is 0 Å². The van der Waals surface area contributed by atoms with E-state index in [9.17, 15) is 9.59 Å². The van der Waals surface area contributed by atoms with Gasteiger partial charge in [0.2, 0.25) is 0 Å². The Labute approximate surface area is 93.3 Å². The summed E-state index contributed by atoms with van der Waals surface area (Å²) in [5, 5.41) is 22.3. The number of amides is 2. The van der Waals surface area contributed by atoms with Crippen LogP contribution in [0.15, 0.2) is 12.2 Å². The fourth-order valence-electron chi connectivity index (χ4n) is 1.44. The Hall–Kier alpha value is -1.56. The predicted octanol–water partition coefficient (Wildman–Crippen LogP) is -0.160. The highest BCUT2D eigenvalue weighted by Crippen LogP contribution is 2.09. The molecule has 0 aromatic heterocycles. The number of urea groups is 1. The highest BCUT2D eigenvalue weighted by Gasteiger charge is 2.16. The third-order valence-electron chi connectivity index (χ3n) is 2.35. The fourth-order valence-corrected chi connectivity index (χ4v) is 1.44. The van der Waals surface area contributed by atoms with Crippen molar-refractivity contribution in [1.29, 1.82) is 0 Å². The molecule has 0 spiro atoms. The van der Waals surface area contributed by atoms with Gasteiger partial charge in [-0.3, -0.25) is 0 Å². The highest BCUT2D eigenvalue weighted by molar-refractivity contribution is 5.76. The van der Waals surface area contributed by atoms with Gasteiger partial charge >= 0.3 is 12.0 Å². The predicted molar refractivity (Wildman–Crippen MR) is 57.0 cm³/mol. The van der Waals surface area contributed by atoms with E-state index in [1.54, 1.807) is 0 Å². The maximum atomic E-state index is 11.3. The Morgan fingerprint density at radius 2 is 2.19 bits per heavy atom. The minimum atomic E-state index is -1.56. The molecule has 16 heavy (non-hydrogen) atoms. The summed E-state index contributed by atoms with van der Waals surface area (Å²) in [6, 6.07) is -0.354. The van der Waals surface area contributed by atoms with Gasteiger partial charge in [0, 0.05) is 6.04 Å². The zero-order valence-electron chi connectivity index (χ0n) is 8.85. The molecule has 0 aliphatic heterocycles. The van der Waals surface area contributed by atoms with Crippen LogP contribution in [0.25, 0.3) is 0 Å². The lowest BCUT2D eigenvalue weighted by atomic mass is 10.0. The number of aliphatic carboxylic acids is 1. The zero-order valence-corrected chi connectivity index (χ0v) is 8.85. The Balaban J connectivity index is 2.20. The number of hydrogen-bond acceptors (Lipinski definition) is 3. The number of carbonyl (C=O) groups is 2. The molecule has 0 saturated heterocycles. The van der Waals surface area contributed by atoms with Crippen molar-refractivity contribution in [2.75, 3.05) is 6.54 Å². The maximum absolute atomic E-state index is 11.3. The number of hydrogen-bond donors (Lipinski definition) is 4. The molecule has 0 heterocycles. The maximum Gasteiger partial charge on any atom is 0.334 e. The Morgan fingerprint density at radius 1 is 1.44 bits per heavy atom. The minimum Gasteiger partial charge on any atom is -0.479 e. The molecule has 0 radical (unpaired) electrons. The van der Waals surface area contributed by atoms with E-state index >= 15 is 0 Å². The van der Waals surface area contributed by atoms with Crippen molar-refractivity contribution in [2.45, 2.75) is 31.4 Å². The SMILES string of the molecule is O=C(NC[C@H](O)C(=O)O)NC1CC=CCC1. The standard InChI is InChI=1S/C10H16N2O4/c13-8(9(14)15)6-11-10(16)12-7-4-2-1-3-5-7/h1-2,7-8,13H,3-6H2,(H,14,15)(H2,11,12,16)/t7?,8-/m0/s1. The summed E-state index contributed by atoms with van der Waals surface area (Å²) in [6.07, 6.45) is 5.10. The van der Waals surface area contributed by atoms with Crippen LogP contribution >= 0.6 is 0 Å². The van der Waals surface area contributed by atoms with Gasteiger partial charge in [0.05, 0.1) is 6.54 Å². The summed E-state index contributed by atoms with van der Waals surface area (Å²) in [7, 11) is 0. The van der Waals surface area contributed by atoms with Crippen molar-refractivity contribution < 1.29 is 19.8 Å². The third-order valence-corrected chi connectivity index (χ3v) is 2.35. The first-order valence-electron chi connectivity index (χ1n) is 5.20. The first kappa shape index (κ1) is 12.5. The van der Waals surface area contributed by atoms with Crippen molar-refractivity contribution in [2.24, 2.45) is 0 Å².